The molecule has 16 heavy (non-hydrogen) atoms. The minimum atomic E-state index is -0.389. The quantitative estimate of drug-likeness (QED) is 0.839. The van der Waals surface area contributed by atoms with Gasteiger partial charge >= 0.3 is 6.09 Å². The molecule has 2 rings (SSSR count). The first-order valence-corrected chi connectivity index (χ1v) is 5.32. The minimum absolute atomic E-state index is 0.0951. The molecular formula is C12H14NO3. The van der Waals surface area contributed by atoms with Gasteiger partial charge in [-0.1, -0.05) is 18.2 Å². The summed E-state index contributed by atoms with van der Waals surface area (Å²) >= 11 is 0. The highest BCUT2D eigenvalue weighted by molar-refractivity contribution is 5.67. The second-order valence-corrected chi connectivity index (χ2v) is 3.66. The van der Waals surface area contributed by atoms with E-state index in [0.29, 0.717) is 19.8 Å². The van der Waals surface area contributed by atoms with Gasteiger partial charge in [0.1, 0.15) is 6.10 Å². The molecule has 1 aromatic rings. The fraction of sp³-hybridized carbons (Fsp3) is 0.417. The standard InChI is InChI=1S/C12H14NO3/c14-12(16-11-6-7-15-9-11)13-8-10-4-2-1-3-5-10/h1-2,4-5,11H,6-9H2,(H,13,14). The molecule has 0 aromatic heterocycles. The number of rotatable bonds is 3. The first-order valence-electron chi connectivity index (χ1n) is 5.32. The van der Waals surface area contributed by atoms with Crippen molar-refractivity contribution >= 4 is 6.09 Å². The monoisotopic (exact) mass is 220 g/mol. The van der Waals surface area contributed by atoms with E-state index in [1.807, 2.05) is 24.3 Å². The maximum Gasteiger partial charge on any atom is 0.407 e. The summed E-state index contributed by atoms with van der Waals surface area (Å²) in [5.41, 5.74) is 1.00. The second kappa shape index (κ2) is 5.51. The Hall–Kier alpha value is -1.55. The van der Waals surface area contributed by atoms with Crippen molar-refractivity contribution in [3.05, 3.63) is 35.9 Å². The summed E-state index contributed by atoms with van der Waals surface area (Å²) in [4.78, 5) is 11.4. The molecule has 4 nitrogen and oxygen atoms in total. The van der Waals surface area contributed by atoms with E-state index in [1.54, 1.807) is 0 Å². The molecule has 1 heterocycles. The lowest BCUT2D eigenvalue weighted by Gasteiger charge is -2.10. The number of nitrogens with one attached hydrogen (secondary N) is 1. The molecule has 0 spiro atoms. The highest BCUT2D eigenvalue weighted by Gasteiger charge is 2.19. The van der Waals surface area contributed by atoms with Gasteiger partial charge < -0.3 is 14.8 Å². The molecule has 1 saturated heterocycles. The van der Waals surface area contributed by atoms with Crippen molar-refractivity contribution in [2.24, 2.45) is 0 Å². The fourth-order valence-electron chi connectivity index (χ4n) is 1.51. The summed E-state index contributed by atoms with van der Waals surface area (Å²) in [6.45, 7) is 1.64. The van der Waals surface area contributed by atoms with Crippen molar-refractivity contribution in [3.63, 3.8) is 0 Å². The number of ether oxygens (including phenoxy) is 2. The maximum atomic E-state index is 11.4. The van der Waals surface area contributed by atoms with Crippen LogP contribution in [0.2, 0.25) is 0 Å². The van der Waals surface area contributed by atoms with Crippen LogP contribution in [-0.4, -0.2) is 25.4 Å². The van der Waals surface area contributed by atoms with E-state index in [-0.39, 0.29) is 12.2 Å². The van der Waals surface area contributed by atoms with E-state index < -0.39 is 0 Å². The van der Waals surface area contributed by atoms with Crippen LogP contribution in [0, 0.1) is 6.07 Å². The van der Waals surface area contributed by atoms with E-state index in [9.17, 15) is 4.79 Å². The molecule has 1 N–H and O–H groups in total. The highest BCUT2D eigenvalue weighted by Crippen LogP contribution is 2.08. The first kappa shape index (κ1) is 11.0. The lowest BCUT2D eigenvalue weighted by molar-refractivity contribution is 0.0828. The summed E-state index contributed by atoms with van der Waals surface area (Å²) in [6, 6.07) is 10.4. The Balaban J connectivity index is 1.71. The van der Waals surface area contributed by atoms with Crippen LogP contribution >= 0.6 is 0 Å². The van der Waals surface area contributed by atoms with Crippen LogP contribution in [-0.2, 0) is 16.0 Å². The summed E-state index contributed by atoms with van der Waals surface area (Å²) in [7, 11) is 0. The molecule has 1 radical (unpaired) electrons. The van der Waals surface area contributed by atoms with E-state index >= 15 is 0 Å². The second-order valence-electron chi connectivity index (χ2n) is 3.66. The Bertz CT molecular complexity index is 333. The molecule has 1 unspecified atom stereocenters. The van der Waals surface area contributed by atoms with Crippen LogP contribution in [0.15, 0.2) is 24.3 Å². The van der Waals surface area contributed by atoms with Crippen LogP contribution in [0.5, 0.6) is 0 Å². The van der Waals surface area contributed by atoms with Crippen molar-refractivity contribution in [2.75, 3.05) is 13.2 Å². The zero-order chi connectivity index (χ0) is 11.2. The largest absolute Gasteiger partial charge is 0.444 e. The number of benzene rings is 1. The highest BCUT2D eigenvalue weighted by atomic mass is 16.6. The van der Waals surface area contributed by atoms with Gasteiger partial charge in [0.15, 0.2) is 0 Å². The van der Waals surface area contributed by atoms with Gasteiger partial charge in [0.2, 0.25) is 0 Å². The molecule has 0 aliphatic carbocycles. The molecule has 4 heteroatoms. The Morgan fingerprint density at radius 1 is 1.69 bits per heavy atom. The van der Waals surface area contributed by atoms with Gasteiger partial charge in [-0.05, 0) is 17.7 Å². The van der Waals surface area contributed by atoms with E-state index in [1.165, 1.54) is 0 Å². The van der Waals surface area contributed by atoms with Gasteiger partial charge in [-0.15, -0.1) is 0 Å². The Morgan fingerprint density at radius 3 is 3.31 bits per heavy atom. The molecule has 1 aliphatic rings. The molecule has 1 fully saturated rings. The number of amides is 1. The van der Waals surface area contributed by atoms with Crippen LogP contribution in [0.1, 0.15) is 12.0 Å². The molecule has 85 valence electrons. The summed E-state index contributed by atoms with van der Waals surface area (Å²) in [5.74, 6) is 0. The van der Waals surface area contributed by atoms with Crippen LogP contribution in [0.3, 0.4) is 0 Å². The predicted molar refractivity (Wildman–Crippen MR) is 57.8 cm³/mol. The van der Waals surface area contributed by atoms with Crippen LogP contribution in [0.4, 0.5) is 4.79 Å². The van der Waals surface area contributed by atoms with Gasteiger partial charge in [-0.2, -0.15) is 0 Å². The normalized spacial score (nSPS) is 19.4. The van der Waals surface area contributed by atoms with Gasteiger partial charge in [0.25, 0.3) is 0 Å². The SMILES string of the molecule is O=C(NCc1c[c]ccc1)OC1CCOC1. The van der Waals surface area contributed by atoms with Gasteiger partial charge in [-0.25, -0.2) is 4.79 Å². The number of alkyl carbamates (subject to hydrolysis) is 1. The lowest BCUT2D eigenvalue weighted by atomic mass is 10.2. The van der Waals surface area contributed by atoms with E-state index in [4.69, 9.17) is 9.47 Å². The lowest BCUT2D eigenvalue weighted by Crippen LogP contribution is -2.28. The third-order valence-corrected chi connectivity index (χ3v) is 2.37. The van der Waals surface area contributed by atoms with Crippen molar-refractivity contribution in [3.8, 4) is 0 Å². The zero-order valence-corrected chi connectivity index (χ0v) is 8.94. The number of hydrogen-bond acceptors (Lipinski definition) is 3. The topological polar surface area (TPSA) is 47.6 Å². The van der Waals surface area contributed by atoms with Gasteiger partial charge in [-0.3, -0.25) is 0 Å². The molecule has 1 amide bonds. The first-order chi connectivity index (χ1) is 7.84. The van der Waals surface area contributed by atoms with E-state index in [0.717, 1.165) is 12.0 Å². The third-order valence-electron chi connectivity index (χ3n) is 2.37. The molecule has 0 bridgehead atoms. The minimum Gasteiger partial charge on any atom is -0.444 e. The summed E-state index contributed by atoms with van der Waals surface area (Å²) < 4.78 is 10.3. The number of hydrogen-bond donors (Lipinski definition) is 1. The van der Waals surface area contributed by atoms with E-state index in [2.05, 4.69) is 11.4 Å². The van der Waals surface area contributed by atoms with Gasteiger partial charge in [0, 0.05) is 13.0 Å². The predicted octanol–water partition coefficient (Wildman–Crippen LogP) is 1.50. The molecule has 0 saturated carbocycles. The number of carbonyl (C=O) groups is 1. The molecule has 1 atom stereocenters. The van der Waals surface area contributed by atoms with Crippen LogP contribution < -0.4 is 5.32 Å². The summed E-state index contributed by atoms with van der Waals surface area (Å²) in [5, 5.41) is 2.69. The summed E-state index contributed by atoms with van der Waals surface area (Å²) in [6.07, 6.45) is 0.300. The molecule has 1 aromatic carbocycles. The van der Waals surface area contributed by atoms with Crippen molar-refractivity contribution in [1.29, 1.82) is 0 Å². The third kappa shape index (κ3) is 3.24. The molecular weight excluding hydrogens is 206 g/mol. The maximum absolute atomic E-state index is 11.4. The smallest absolute Gasteiger partial charge is 0.407 e. The average Bonchev–Trinajstić information content (AvgIpc) is 2.81. The Morgan fingerprint density at radius 2 is 2.62 bits per heavy atom. The van der Waals surface area contributed by atoms with Crippen molar-refractivity contribution < 1.29 is 14.3 Å². The van der Waals surface area contributed by atoms with Crippen molar-refractivity contribution in [2.45, 2.75) is 19.1 Å². The van der Waals surface area contributed by atoms with Crippen LogP contribution in [0.25, 0.3) is 0 Å². The Kier molecular flexibility index (Phi) is 3.77. The number of carbonyl (C=O) groups excluding carboxylic acids is 1. The molecule has 1 aliphatic heterocycles. The van der Waals surface area contributed by atoms with Crippen molar-refractivity contribution in [1.82, 2.24) is 5.32 Å². The average molecular weight is 220 g/mol. The van der Waals surface area contributed by atoms with Gasteiger partial charge in [0.05, 0.1) is 13.2 Å². The Labute approximate surface area is 94.6 Å². The zero-order valence-electron chi connectivity index (χ0n) is 8.94. The fourth-order valence-corrected chi connectivity index (χ4v) is 1.51.